The molecule has 0 spiro atoms. The quantitative estimate of drug-likeness (QED) is 0.0206. The van der Waals surface area contributed by atoms with Crippen molar-refractivity contribution < 1.29 is 28.6 Å². The molecule has 1 unspecified atom stereocenters. The van der Waals surface area contributed by atoms with Crippen LogP contribution in [0.2, 0.25) is 0 Å². The van der Waals surface area contributed by atoms with Gasteiger partial charge in [-0.25, -0.2) is 0 Å². The van der Waals surface area contributed by atoms with Crippen molar-refractivity contribution in [3.8, 4) is 0 Å². The molecule has 6 heteroatoms. The molecule has 0 saturated heterocycles. The topological polar surface area (TPSA) is 78.9 Å². The lowest BCUT2D eigenvalue weighted by Crippen LogP contribution is -2.30. The van der Waals surface area contributed by atoms with E-state index >= 15 is 0 Å². The Morgan fingerprint density at radius 3 is 1.42 bits per heavy atom. The number of esters is 3. The van der Waals surface area contributed by atoms with E-state index in [0.717, 1.165) is 96.3 Å². The molecule has 0 heterocycles. The van der Waals surface area contributed by atoms with E-state index < -0.39 is 12.1 Å². The number of hydrogen-bond donors (Lipinski definition) is 0. The average Bonchev–Trinajstić information content (AvgIpc) is 3.18. The number of unbranched alkanes of at least 4 members (excludes halogenated alkanes) is 14. The molecule has 0 N–H and O–H groups in total. The van der Waals surface area contributed by atoms with Crippen molar-refractivity contribution in [3.05, 3.63) is 97.2 Å². The van der Waals surface area contributed by atoms with Crippen LogP contribution in [0.1, 0.15) is 175 Å². The second-order valence-corrected chi connectivity index (χ2v) is 13.9. The van der Waals surface area contributed by atoms with Gasteiger partial charge in [-0.2, -0.15) is 0 Å². The molecule has 310 valence electrons. The summed E-state index contributed by atoms with van der Waals surface area (Å²) in [7, 11) is 0. The van der Waals surface area contributed by atoms with Crippen LogP contribution in [0.25, 0.3) is 0 Å². The second kappa shape index (κ2) is 43.1. The van der Waals surface area contributed by atoms with Gasteiger partial charge < -0.3 is 14.2 Å². The van der Waals surface area contributed by atoms with Crippen LogP contribution in [0.4, 0.5) is 0 Å². The fraction of sp³-hybridized carbons (Fsp3) is 0.612. The number of ether oxygens (including phenoxy) is 3. The Bertz CT molecular complexity index is 1150. The fourth-order valence-corrected chi connectivity index (χ4v) is 5.43. The Hall–Kier alpha value is -3.67. The van der Waals surface area contributed by atoms with Crippen LogP contribution < -0.4 is 0 Å². The predicted molar refractivity (Wildman–Crippen MR) is 233 cm³/mol. The molecule has 0 bridgehead atoms. The number of rotatable bonds is 37. The number of carbonyl (C=O) groups is 3. The van der Waals surface area contributed by atoms with Crippen molar-refractivity contribution in [2.75, 3.05) is 13.2 Å². The standard InChI is InChI=1S/C49H78O6/c1-4-7-10-13-16-19-21-23-24-26-27-30-33-36-39-42-48(51)54-45-46(44-53-47(50)41-38-35-32-29-18-15-12-9-6-3)55-49(52)43-40-37-34-31-28-25-22-20-17-14-11-8-5-2/h8-9,11-12,14,16-23,29,35,38,46H,4-7,10,13,15,24-28,30-34,36-37,39-45H2,1-3H3/b11-8-,12-9-,17-14-,19-16-,22-20-,23-21-,29-18-,38-35-. The normalized spacial score (nSPS) is 13.0. The maximum absolute atomic E-state index is 12.7. The minimum Gasteiger partial charge on any atom is -0.462 e. The Kier molecular flexibility index (Phi) is 40.2. The summed E-state index contributed by atoms with van der Waals surface area (Å²) in [5.41, 5.74) is 0. The molecular weight excluding hydrogens is 685 g/mol. The summed E-state index contributed by atoms with van der Waals surface area (Å²) in [5.74, 6) is -1.09. The lowest BCUT2D eigenvalue weighted by atomic mass is 10.1. The first-order valence-corrected chi connectivity index (χ1v) is 21.8. The lowest BCUT2D eigenvalue weighted by Gasteiger charge is -2.18. The van der Waals surface area contributed by atoms with Crippen molar-refractivity contribution in [3.63, 3.8) is 0 Å². The SMILES string of the molecule is CC\C=C/C=C\C=C/CCCCCCCC(=O)OC(COC(=O)C/C=C\C/C=C\C/C=C\CC)COC(=O)CCCCCCCC/C=C\C=C/CCCCC. The molecule has 0 rings (SSSR count). The Balaban J connectivity index is 4.50. The number of allylic oxidation sites excluding steroid dienone is 15. The zero-order valence-electron chi connectivity index (χ0n) is 35.1. The van der Waals surface area contributed by atoms with E-state index in [9.17, 15) is 14.4 Å². The van der Waals surface area contributed by atoms with Crippen LogP contribution >= 0.6 is 0 Å². The van der Waals surface area contributed by atoms with Gasteiger partial charge in [0.25, 0.3) is 0 Å². The zero-order valence-corrected chi connectivity index (χ0v) is 35.1. The first kappa shape index (κ1) is 51.3. The highest BCUT2D eigenvalue weighted by Gasteiger charge is 2.19. The van der Waals surface area contributed by atoms with Gasteiger partial charge in [-0.3, -0.25) is 14.4 Å². The molecular formula is C49H78O6. The van der Waals surface area contributed by atoms with Crippen molar-refractivity contribution in [1.29, 1.82) is 0 Å². The maximum atomic E-state index is 12.7. The Labute approximate surface area is 337 Å². The number of carbonyl (C=O) groups excluding carboxylic acids is 3. The van der Waals surface area contributed by atoms with Crippen molar-refractivity contribution >= 4 is 17.9 Å². The molecule has 0 saturated carbocycles. The third-order valence-corrected chi connectivity index (χ3v) is 8.68. The molecule has 0 aromatic heterocycles. The van der Waals surface area contributed by atoms with Crippen LogP contribution in [-0.4, -0.2) is 37.2 Å². The van der Waals surface area contributed by atoms with E-state index in [1.54, 1.807) is 6.08 Å². The summed E-state index contributed by atoms with van der Waals surface area (Å²) in [6.07, 6.45) is 55.6. The fourth-order valence-electron chi connectivity index (χ4n) is 5.43. The summed E-state index contributed by atoms with van der Waals surface area (Å²) in [5, 5.41) is 0. The largest absolute Gasteiger partial charge is 0.462 e. The third-order valence-electron chi connectivity index (χ3n) is 8.68. The molecule has 0 radical (unpaired) electrons. The molecule has 0 aliphatic heterocycles. The van der Waals surface area contributed by atoms with Gasteiger partial charge in [-0.15, -0.1) is 0 Å². The molecule has 0 aliphatic rings. The van der Waals surface area contributed by atoms with Crippen LogP contribution in [0.3, 0.4) is 0 Å². The average molecular weight is 763 g/mol. The molecule has 0 amide bonds. The third kappa shape index (κ3) is 41.3. The molecule has 55 heavy (non-hydrogen) atoms. The summed E-state index contributed by atoms with van der Waals surface area (Å²) in [6, 6.07) is 0. The first-order chi connectivity index (χ1) is 27.0. The monoisotopic (exact) mass is 763 g/mol. The number of hydrogen-bond acceptors (Lipinski definition) is 6. The highest BCUT2D eigenvalue weighted by molar-refractivity contribution is 5.72. The molecule has 0 aromatic carbocycles. The van der Waals surface area contributed by atoms with E-state index in [0.29, 0.717) is 6.42 Å². The highest BCUT2D eigenvalue weighted by atomic mass is 16.6. The second-order valence-electron chi connectivity index (χ2n) is 13.9. The molecule has 0 aromatic rings. The lowest BCUT2D eigenvalue weighted by molar-refractivity contribution is -0.166. The van der Waals surface area contributed by atoms with Gasteiger partial charge in [-0.05, 0) is 77.0 Å². The van der Waals surface area contributed by atoms with E-state index in [4.69, 9.17) is 14.2 Å². The summed E-state index contributed by atoms with van der Waals surface area (Å²) >= 11 is 0. The van der Waals surface area contributed by atoms with Gasteiger partial charge in [0, 0.05) is 12.8 Å². The van der Waals surface area contributed by atoms with Crippen LogP contribution in [-0.2, 0) is 28.6 Å². The van der Waals surface area contributed by atoms with Gasteiger partial charge in [0.1, 0.15) is 13.2 Å². The zero-order chi connectivity index (χ0) is 40.1. The molecule has 0 aliphatic carbocycles. The van der Waals surface area contributed by atoms with Crippen molar-refractivity contribution in [1.82, 2.24) is 0 Å². The van der Waals surface area contributed by atoms with E-state index in [-0.39, 0.29) is 38.0 Å². The van der Waals surface area contributed by atoms with E-state index in [2.05, 4.69) is 99.8 Å². The molecule has 0 fully saturated rings. The van der Waals surface area contributed by atoms with Crippen molar-refractivity contribution in [2.24, 2.45) is 0 Å². The van der Waals surface area contributed by atoms with Gasteiger partial charge in [0.05, 0.1) is 6.42 Å². The minimum atomic E-state index is -0.826. The van der Waals surface area contributed by atoms with Crippen LogP contribution in [0.5, 0.6) is 0 Å². The van der Waals surface area contributed by atoms with Gasteiger partial charge in [0.2, 0.25) is 0 Å². The van der Waals surface area contributed by atoms with Gasteiger partial charge in [0.15, 0.2) is 6.10 Å². The maximum Gasteiger partial charge on any atom is 0.309 e. The Morgan fingerprint density at radius 1 is 0.418 bits per heavy atom. The van der Waals surface area contributed by atoms with Crippen molar-refractivity contribution in [2.45, 2.75) is 181 Å². The summed E-state index contributed by atoms with van der Waals surface area (Å²) < 4.78 is 16.5. The molecule has 1 atom stereocenters. The summed E-state index contributed by atoms with van der Waals surface area (Å²) in [4.78, 5) is 37.6. The van der Waals surface area contributed by atoms with Crippen LogP contribution in [0, 0.1) is 0 Å². The van der Waals surface area contributed by atoms with Crippen LogP contribution in [0.15, 0.2) is 97.2 Å². The van der Waals surface area contributed by atoms with Gasteiger partial charge in [-0.1, -0.05) is 176 Å². The van der Waals surface area contributed by atoms with E-state index in [1.165, 1.54) is 38.5 Å². The summed E-state index contributed by atoms with van der Waals surface area (Å²) in [6.45, 7) is 6.19. The van der Waals surface area contributed by atoms with E-state index in [1.807, 2.05) is 12.2 Å². The first-order valence-electron chi connectivity index (χ1n) is 21.8. The predicted octanol–water partition coefficient (Wildman–Crippen LogP) is 13.9. The minimum absolute atomic E-state index is 0.121. The Morgan fingerprint density at radius 2 is 0.855 bits per heavy atom. The molecule has 6 nitrogen and oxygen atoms in total. The van der Waals surface area contributed by atoms with Gasteiger partial charge >= 0.3 is 17.9 Å². The highest BCUT2D eigenvalue weighted by Crippen LogP contribution is 2.12. The smallest absolute Gasteiger partial charge is 0.309 e.